The van der Waals surface area contributed by atoms with Gasteiger partial charge in [-0.1, -0.05) is 12.1 Å². The van der Waals surface area contributed by atoms with E-state index < -0.39 is 0 Å². The molecule has 2 heterocycles. The molecular weight excluding hydrogens is 276 g/mol. The van der Waals surface area contributed by atoms with E-state index in [1.165, 1.54) is 0 Å². The lowest BCUT2D eigenvalue weighted by molar-refractivity contribution is 0.292. The van der Waals surface area contributed by atoms with Gasteiger partial charge < -0.3 is 9.47 Å². The average molecular weight is 292 g/mol. The topological polar surface area (TPSA) is 44.2 Å². The summed E-state index contributed by atoms with van der Waals surface area (Å²) in [4.78, 5) is 8.44. The number of nitrogens with zero attached hydrogens (tertiary/aromatic N) is 2. The highest BCUT2D eigenvalue weighted by atomic mass is 16.5. The van der Waals surface area contributed by atoms with Crippen molar-refractivity contribution in [3.8, 4) is 11.5 Å². The van der Waals surface area contributed by atoms with E-state index in [1.807, 2.05) is 60.7 Å². The van der Waals surface area contributed by atoms with E-state index in [0.717, 1.165) is 22.9 Å². The van der Waals surface area contributed by atoms with Crippen LogP contribution in [0.15, 0.2) is 73.1 Å². The molecule has 22 heavy (non-hydrogen) atoms. The van der Waals surface area contributed by atoms with E-state index in [4.69, 9.17) is 9.47 Å². The monoisotopic (exact) mass is 292 g/mol. The van der Waals surface area contributed by atoms with Gasteiger partial charge in [0.2, 0.25) is 0 Å². The largest absolute Gasteiger partial charge is 0.487 e. The quantitative estimate of drug-likeness (QED) is 0.696. The Labute approximate surface area is 129 Å². The van der Waals surface area contributed by atoms with Gasteiger partial charge in [-0.25, -0.2) is 0 Å². The second-order valence-corrected chi connectivity index (χ2v) is 4.69. The van der Waals surface area contributed by atoms with Gasteiger partial charge in [0.1, 0.15) is 24.7 Å². The molecule has 0 saturated carbocycles. The van der Waals surface area contributed by atoms with E-state index in [-0.39, 0.29) is 0 Å². The molecule has 110 valence electrons. The lowest BCUT2D eigenvalue weighted by Crippen LogP contribution is -1.99. The standard InChI is InChI=1S/C18H16N2O2/c1-3-11-19-15(5-1)13-21-17-7-9-18(10-8-17)22-14-16-6-2-4-12-20-16/h1-12H,13-14H2. The summed E-state index contributed by atoms with van der Waals surface area (Å²) in [7, 11) is 0. The van der Waals surface area contributed by atoms with Gasteiger partial charge >= 0.3 is 0 Å². The van der Waals surface area contributed by atoms with E-state index >= 15 is 0 Å². The molecule has 0 radical (unpaired) electrons. The molecule has 0 unspecified atom stereocenters. The fraction of sp³-hybridized carbons (Fsp3) is 0.111. The minimum Gasteiger partial charge on any atom is -0.487 e. The summed E-state index contributed by atoms with van der Waals surface area (Å²) in [5, 5.41) is 0. The van der Waals surface area contributed by atoms with E-state index in [0.29, 0.717) is 13.2 Å². The third-order valence-corrected chi connectivity index (χ3v) is 3.05. The molecule has 0 aliphatic carbocycles. The molecule has 0 fully saturated rings. The first-order chi connectivity index (χ1) is 10.9. The number of hydrogen-bond acceptors (Lipinski definition) is 4. The molecule has 0 aliphatic heterocycles. The van der Waals surface area contributed by atoms with Crippen LogP contribution >= 0.6 is 0 Å². The molecular formula is C18H16N2O2. The van der Waals surface area contributed by atoms with Gasteiger partial charge in [-0.05, 0) is 48.5 Å². The summed E-state index contributed by atoms with van der Waals surface area (Å²) in [6.45, 7) is 0.907. The van der Waals surface area contributed by atoms with Crippen LogP contribution < -0.4 is 9.47 Å². The highest BCUT2D eigenvalue weighted by Crippen LogP contribution is 2.19. The van der Waals surface area contributed by atoms with Gasteiger partial charge in [0.15, 0.2) is 0 Å². The normalized spacial score (nSPS) is 10.2. The Balaban J connectivity index is 1.52. The SMILES string of the molecule is c1ccc(COc2ccc(OCc3ccccn3)cc2)nc1. The fourth-order valence-electron chi connectivity index (χ4n) is 1.91. The number of benzene rings is 1. The number of aromatic nitrogens is 2. The molecule has 0 spiro atoms. The molecule has 2 aromatic heterocycles. The average Bonchev–Trinajstić information content (AvgIpc) is 2.61. The van der Waals surface area contributed by atoms with Gasteiger partial charge in [0.25, 0.3) is 0 Å². The highest BCUT2D eigenvalue weighted by molar-refractivity contribution is 5.31. The Hall–Kier alpha value is -2.88. The zero-order valence-corrected chi connectivity index (χ0v) is 12.1. The fourth-order valence-corrected chi connectivity index (χ4v) is 1.91. The van der Waals surface area contributed by atoms with E-state index in [9.17, 15) is 0 Å². The van der Waals surface area contributed by atoms with Crippen molar-refractivity contribution in [3.05, 3.63) is 84.4 Å². The molecule has 0 saturated heterocycles. The van der Waals surface area contributed by atoms with Crippen molar-refractivity contribution >= 4 is 0 Å². The molecule has 3 rings (SSSR count). The second-order valence-electron chi connectivity index (χ2n) is 4.69. The van der Waals surface area contributed by atoms with Crippen LogP contribution in [0.1, 0.15) is 11.4 Å². The molecule has 3 aromatic rings. The number of hydrogen-bond donors (Lipinski definition) is 0. The van der Waals surface area contributed by atoms with Gasteiger partial charge in [0, 0.05) is 12.4 Å². The molecule has 0 bridgehead atoms. The predicted octanol–water partition coefficient (Wildman–Crippen LogP) is 3.63. The molecule has 4 heteroatoms. The Morgan fingerprint density at radius 1 is 0.591 bits per heavy atom. The van der Waals surface area contributed by atoms with Crippen molar-refractivity contribution in [1.29, 1.82) is 0 Å². The lowest BCUT2D eigenvalue weighted by Gasteiger charge is -2.08. The van der Waals surface area contributed by atoms with Crippen molar-refractivity contribution in [2.75, 3.05) is 0 Å². The maximum Gasteiger partial charge on any atom is 0.130 e. The van der Waals surface area contributed by atoms with Gasteiger partial charge in [0.05, 0.1) is 11.4 Å². The zero-order valence-electron chi connectivity index (χ0n) is 12.1. The first kappa shape index (κ1) is 14.1. The summed E-state index contributed by atoms with van der Waals surface area (Å²) in [6, 6.07) is 19.1. The van der Waals surface area contributed by atoms with Crippen molar-refractivity contribution < 1.29 is 9.47 Å². The predicted molar refractivity (Wildman–Crippen MR) is 83.6 cm³/mol. The van der Waals surface area contributed by atoms with Gasteiger partial charge in [-0.15, -0.1) is 0 Å². The van der Waals surface area contributed by atoms with Crippen LogP contribution in [0.2, 0.25) is 0 Å². The molecule has 0 atom stereocenters. The number of ether oxygens (including phenoxy) is 2. The summed E-state index contributed by atoms with van der Waals surface area (Å²) >= 11 is 0. The summed E-state index contributed by atoms with van der Waals surface area (Å²) in [6.07, 6.45) is 3.51. The number of pyridine rings is 2. The minimum absolute atomic E-state index is 0.453. The van der Waals surface area contributed by atoms with Crippen LogP contribution in [0.3, 0.4) is 0 Å². The second kappa shape index (κ2) is 7.22. The molecule has 0 aliphatic rings. The van der Waals surface area contributed by atoms with Crippen LogP contribution in [-0.2, 0) is 13.2 Å². The Kier molecular flexibility index (Phi) is 4.62. The summed E-state index contributed by atoms with van der Waals surface area (Å²) in [5.41, 5.74) is 1.80. The summed E-state index contributed by atoms with van der Waals surface area (Å²) in [5.74, 6) is 1.58. The Morgan fingerprint density at radius 2 is 1.05 bits per heavy atom. The van der Waals surface area contributed by atoms with Crippen molar-refractivity contribution in [2.45, 2.75) is 13.2 Å². The molecule has 0 amide bonds. The number of rotatable bonds is 6. The van der Waals surface area contributed by atoms with Crippen LogP contribution in [0, 0.1) is 0 Å². The smallest absolute Gasteiger partial charge is 0.130 e. The van der Waals surface area contributed by atoms with Crippen LogP contribution in [0.5, 0.6) is 11.5 Å². The third kappa shape index (κ3) is 4.06. The maximum atomic E-state index is 5.68. The Morgan fingerprint density at radius 3 is 1.41 bits per heavy atom. The molecule has 1 aromatic carbocycles. The molecule has 0 N–H and O–H groups in total. The van der Waals surface area contributed by atoms with Gasteiger partial charge in [-0.3, -0.25) is 9.97 Å². The first-order valence-corrected chi connectivity index (χ1v) is 7.06. The first-order valence-electron chi connectivity index (χ1n) is 7.06. The van der Waals surface area contributed by atoms with E-state index in [2.05, 4.69) is 9.97 Å². The van der Waals surface area contributed by atoms with Crippen molar-refractivity contribution in [1.82, 2.24) is 9.97 Å². The molecule has 4 nitrogen and oxygen atoms in total. The lowest BCUT2D eigenvalue weighted by atomic mass is 10.3. The van der Waals surface area contributed by atoms with Gasteiger partial charge in [-0.2, -0.15) is 0 Å². The van der Waals surface area contributed by atoms with E-state index in [1.54, 1.807) is 12.4 Å². The maximum absolute atomic E-state index is 5.68. The summed E-state index contributed by atoms with van der Waals surface area (Å²) < 4.78 is 11.4. The Bertz CT molecular complexity index is 623. The van der Waals surface area contributed by atoms with Crippen LogP contribution in [0.4, 0.5) is 0 Å². The van der Waals surface area contributed by atoms with Crippen molar-refractivity contribution in [3.63, 3.8) is 0 Å². The third-order valence-electron chi connectivity index (χ3n) is 3.05. The van der Waals surface area contributed by atoms with Crippen LogP contribution in [0.25, 0.3) is 0 Å². The zero-order chi connectivity index (χ0) is 15.0. The highest BCUT2D eigenvalue weighted by Gasteiger charge is 1.99. The minimum atomic E-state index is 0.453. The van der Waals surface area contributed by atoms with Crippen molar-refractivity contribution in [2.24, 2.45) is 0 Å². The van der Waals surface area contributed by atoms with Crippen LogP contribution in [-0.4, -0.2) is 9.97 Å².